The van der Waals surface area contributed by atoms with Gasteiger partial charge in [0.1, 0.15) is 0 Å². The van der Waals surface area contributed by atoms with Crippen molar-refractivity contribution in [2.45, 2.75) is 44.7 Å². The van der Waals surface area contributed by atoms with Gasteiger partial charge in [-0.05, 0) is 61.1 Å². The number of nitrogens with zero attached hydrogens (tertiary/aromatic N) is 1. The van der Waals surface area contributed by atoms with Gasteiger partial charge in [0.15, 0.2) is 18.1 Å². The fourth-order valence-corrected chi connectivity index (χ4v) is 4.98. The van der Waals surface area contributed by atoms with Crippen LogP contribution < -0.4 is 20.9 Å². The molecule has 6 nitrogen and oxygen atoms in total. The summed E-state index contributed by atoms with van der Waals surface area (Å²) in [5.41, 5.74) is 18.4. The molecular formula is C24H32ClN3O3. The Balaban J connectivity index is 0.00000272. The van der Waals surface area contributed by atoms with Gasteiger partial charge in [-0.3, -0.25) is 9.69 Å². The molecule has 1 saturated heterocycles. The summed E-state index contributed by atoms with van der Waals surface area (Å²) in [5.74, 6) is 1.03. The van der Waals surface area contributed by atoms with Gasteiger partial charge in [0.25, 0.3) is 5.91 Å². The van der Waals surface area contributed by atoms with E-state index in [0.29, 0.717) is 17.4 Å². The number of aryl methyl sites for hydroxylation is 2. The molecule has 4 N–H and O–H groups in total. The zero-order valence-corrected chi connectivity index (χ0v) is 19.2. The number of hydrogen-bond acceptors (Lipinski definition) is 5. The second kappa shape index (κ2) is 9.47. The van der Waals surface area contributed by atoms with Crippen molar-refractivity contribution in [3.8, 4) is 11.5 Å². The van der Waals surface area contributed by atoms with E-state index in [1.165, 1.54) is 27.8 Å². The number of ether oxygens (including phenoxy) is 2. The number of nitrogens with two attached hydrogens (primary N) is 2. The monoisotopic (exact) mass is 445 g/mol. The first kappa shape index (κ1) is 23.4. The number of halogens is 1. The van der Waals surface area contributed by atoms with E-state index in [9.17, 15) is 4.79 Å². The number of rotatable bonds is 5. The third-order valence-electron chi connectivity index (χ3n) is 6.54. The molecule has 7 heteroatoms. The SMILES string of the molecule is COc1cc2c(cc1OCC(N)=O)CCN1C[C@H](c3cc(C)ccc3C)[C@@H](N)C[C@@H]21.Cl. The van der Waals surface area contributed by atoms with Gasteiger partial charge < -0.3 is 20.9 Å². The van der Waals surface area contributed by atoms with Crippen molar-refractivity contribution >= 4 is 18.3 Å². The Morgan fingerprint density at radius 1 is 1.16 bits per heavy atom. The van der Waals surface area contributed by atoms with E-state index in [2.05, 4.69) is 36.9 Å². The molecule has 1 amide bonds. The summed E-state index contributed by atoms with van der Waals surface area (Å²) >= 11 is 0. The number of benzene rings is 2. The summed E-state index contributed by atoms with van der Waals surface area (Å²) in [6.45, 7) is 6.09. The van der Waals surface area contributed by atoms with Crippen LogP contribution in [0.1, 0.15) is 46.2 Å². The minimum atomic E-state index is -0.503. The number of amides is 1. The van der Waals surface area contributed by atoms with E-state index >= 15 is 0 Å². The zero-order chi connectivity index (χ0) is 21.4. The first-order valence-electron chi connectivity index (χ1n) is 10.6. The van der Waals surface area contributed by atoms with Crippen molar-refractivity contribution in [2.75, 3.05) is 26.8 Å². The molecule has 2 aliphatic heterocycles. The minimum Gasteiger partial charge on any atom is -0.493 e. The molecule has 3 atom stereocenters. The van der Waals surface area contributed by atoms with Crippen LogP contribution in [0.15, 0.2) is 30.3 Å². The summed E-state index contributed by atoms with van der Waals surface area (Å²) in [4.78, 5) is 13.7. The van der Waals surface area contributed by atoms with E-state index < -0.39 is 5.91 Å². The molecule has 0 unspecified atom stereocenters. The smallest absolute Gasteiger partial charge is 0.255 e. The molecule has 1 fully saturated rings. The molecule has 168 valence electrons. The van der Waals surface area contributed by atoms with Gasteiger partial charge in [0.05, 0.1) is 7.11 Å². The highest BCUT2D eigenvalue weighted by molar-refractivity contribution is 5.85. The zero-order valence-electron chi connectivity index (χ0n) is 18.4. The number of primary amides is 1. The van der Waals surface area contributed by atoms with Crippen LogP contribution in [-0.2, 0) is 11.2 Å². The number of fused-ring (bicyclic) bond motifs is 3. The first-order valence-corrected chi connectivity index (χ1v) is 10.6. The van der Waals surface area contributed by atoms with Gasteiger partial charge in [0, 0.05) is 31.1 Å². The summed E-state index contributed by atoms with van der Waals surface area (Å²) in [7, 11) is 1.61. The Morgan fingerprint density at radius 2 is 1.94 bits per heavy atom. The van der Waals surface area contributed by atoms with Crippen LogP contribution in [0.3, 0.4) is 0 Å². The van der Waals surface area contributed by atoms with Crippen molar-refractivity contribution in [2.24, 2.45) is 11.5 Å². The van der Waals surface area contributed by atoms with Crippen molar-refractivity contribution in [1.29, 1.82) is 0 Å². The molecule has 0 aliphatic carbocycles. The number of carbonyl (C=O) groups excluding carboxylic acids is 1. The van der Waals surface area contributed by atoms with Crippen molar-refractivity contribution in [3.05, 3.63) is 58.1 Å². The van der Waals surface area contributed by atoms with E-state index in [1.807, 2.05) is 12.1 Å². The quantitative estimate of drug-likeness (QED) is 0.738. The van der Waals surface area contributed by atoms with Crippen LogP contribution in [0.4, 0.5) is 0 Å². The standard InChI is InChI=1S/C24H31N3O3.ClH/c1-14-4-5-15(2)17(8-14)19-12-27-7-6-16-9-23(30-13-24(26)28)22(29-3)10-18(16)21(27)11-20(19)25;/h4-5,8-10,19-21H,6-7,11-13,25H2,1-3H3,(H2,26,28);1H/t19-,20+,21+;/m1./s1. The molecule has 31 heavy (non-hydrogen) atoms. The van der Waals surface area contributed by atoms with Crippen LogP contribution in [0, 0.1) is 13.8 Å². The third-order valence-corrected chi connectivity index (χ3v) is 6.54. The fourth-order valence-electron chi connectivity index (χ4n) is 4.98. The van der Waals surface area contributed by atoms with Crippen molar-refractivity contribution in [3.63, 3.8) is 0 Å². The Morgan fingerprint density at radius 3 is 2.65 bits per heavy atom. The predicted molar refractivity (Wildman–Crippen MR) is 124 cm³/mol. The highest BCUT2D eigenvalue weighted by Crippen LogP contribution is 2.44. The maximum absolute atomic E-state index is 11.1. The lowest BCUT2D eigenvalue weighted by atomic mass is 9.77. The van der Waals surface area contributed by atoms with E-state index in [4.69, 9.17) is 20.9 Å². The fraction of sp³-hybridized carbons (Fsp3) is 0.458. The summed E-state index contributed by atoms with van der Waals surface area (Å²) in [6.07, 6.45) is 1.83. The highest BCUT2D eigenvalue weighted by atomic mass is 35.5. The first-order chi connectivity index (χ1) is 14.4. The lowest BCUT2D eigenvalue weighted by Crippen LogP contribution is -2.49. The second-order valence-electron chi connectivity index (χ2n) is 8.58. The van der Waals surface area contributed by atoms with Gasteiger partial charge >= 0.3 is 0 Å². The van der Waals surface area contributed by atoms with Crippen LogP contribution in [-0.4, -0.2) is 43.7 Å². The lowest BCUT2D eigenvalue weighted by molar-refractivity contribution is -0.119. The maximum atomic E-state index is 11.1. The molecule has 2 aromatic rings. The molecule has 2 heterocycles. The van der Waals surface area contributed by atoms with Gasteiger partial charge in [-0.2, -0.15) is 0 Å². The minimum absolute atomic E-state index is 0. The Kier molecular flexibility index (Phi) is 7.14. The number of carbonyl (C=O) groups is 1. The molecule has 0 saturated carbocycles. The predicted octanol–water partition coefficient (Wildman–Crippen LogP) is 3.01. The molecular weight excluding hydrogens is 414 g/mol. The summed E-state index contributed by atoms with van der Waals surface area (Å²) in [5, 5.41) is 0. The van der Waals surface area contributed by atoms with Crippen molar-refractivity contribution in [1.82, 2.24) is 4.90 Å². The Labute approximate surface area is 190 Å². The highest BCUT2D eigenvalue weighted by Gasteiger charge is 2.39. The van der Waals surface area contributed by atoms with Crippen molar-refractivity contribution < 1.29 is 14.3 Å². The largest absolute Gasteiger partial charge is 0.493 e. The number of hydrogen-bond donors (Lipinski definition) is 2. The molecule has 4 rings (SSSR count). The molecule has 0 radical (unpaired) electrons. The van der Waals surface area contributed by atoms with Crippen LogP contribution in [0.2, 0.25) is 0 Å². The van der Waals surface area contributed by atoms with E-state index in [-0.39, 0.29) is 31.1 Å². The normalized spacial score (nSPS) is 22.6. The molecule has 0 aromatic heterocycles. The summed E-state index contributed by atoms with van der Waals surface area (Å²) < 4.78 is 11.1. The Hall–Kier alpha value is -2.28. The molecule has 2 aliphatic rings. The maximum Gasteiger partial charge on any atom is 0.255 e. The average molecular weight is 446 g/mol. The third kappa shape index (κ3) is 4.66. The molecule has 0 bridgehead atoms. The van der Waals surface area contributed by atoms with Crippen LogP contribution in [0.5, 0.6) is 11.5 Å². The van der Waals surface area contributed by atoms with Gasteiger partial charge in [-0.25, -0.2) is 0 Å². The van der Waals surface area contributed by atoms with Crippen LogP contribution >= 0.6 is 12.4 Å². The Bertz CT molecular complexity index is 965. The topological polar surface area (TPSA) is 90.8 Å². The van der Waals surface area contributed by atoms with E-state index in [1.54, 1.807) is 7.11 Å². The van der Waals surface area contributed by atoms with Gasteiger partial charge in [-0.1, -0.05) is 23.8 Å². The second-order valence-corrected chi connectivity index (χ2v) is 8.58. The number of piperidine rings is 1. The van der Waals surface area contributed by atoms with Gasteiger partial charge in [-0.15, -0.1) is 12.4 Å². The molecule has 2 aromatic carbocycles. The van der Waals surface area contributed by atoms with Gasteiger partial charge in [0.2, 0.25) is 0 Å². The lowest BCUT2D eigenvalue weighted by Gasteiger charge is -2.46. The van der Waals surface area contributed by atoms with Crippen LogP contribution in [0.25, 0.3) is 0 Å². The average Bonchev–Trinajstić information content (AvgIpc) is 2.72. The molecule has 0 spiro atoms. The summed E-state index contributed by atoms with van der Waals surface area (Å²) in [6, 6.07) is 11.1. The number of methoxy groups -OCH3 is 1. The van der Waals surface area contributed by atoms with E-state index in [0.717, 1.165) is 25.9 Å².